The van der Waals surface area contributed by atoms with E-state index in [2.05, 4.69) is 15.5 Å². The highest BCUT2D eigenvalue weighted by Gasteiger charge is 2.07. The molecule has 2 N–H and O–H groups in total. The third-order valence-corrected chi connectivity index (χ3v) is 3.76. The summed E-state index contributed by atoms with van der Waals surface area (Å²) in [5, 5.41) is 6.99. The fraction of sp³-hybridized carbons (Fsp3) is 0.0667. The van der Waals surface area contributed by atoms with Gasteiger partial charge in [0.15, 0.2) is 0 Å². The van der Waals surface area contributed by atoms with Crippen molar-refractivity contribution in [3.8, 4) is 0 Å². The number of nitrogens with one attached hydrogen (secondary N) is 2. The van der Waals surface area contributed by atoms with Crippen LogP contribution in [0.1, 0.15) is 10.4 Å². The summed E-state index contributed by atoms with van der Waals surface area (Å²) in [7, 11) is 0. The first-order valence-corrected chi connectivity index (χ1v) is 7.11. The van der Waals surface area contributed by atoms with Crippen LogP contribution in [-0.4, -0.2) is 17.1 Å². The molecule has 0 aliphatic rings. The first-order chi connectivity index (χ1) is 9.83. The molecule has 0 saturated carbocycles. The third-order valence-electron chi connectivity index (χ3n) is 2.95. The largest absolute Gasteiger partial charge is 0.361 e. The Kier molecular flexibility index (Phi) is 3.60. The van der Waals surface area contributed by atoms with Crippen LogP contribution in [-0.2, 0) is 11.2 Å². The van der Waals surface area contributed by atoms with Crippen LogP contribution in [0.15, 0.2) is 53.1 Å². The van der Waals surface area contributed by atoms with Crippen molar-refractivity contribution in [1.29, 1.82) is 0 Å². The van der Waals surface area contributed by atoms with E-state index in [1.807, 2.05) is 48.0 Å². The van der Waals surface area contributed by atoms with Crippen molar-refractivity contribution in [2.24, 2.45) is 5.10 Å². The van der Waals surface area contributed by atoms with E-state index in [9.17, 15) is 4.79 Å². The molecule has 0 aliphatic heterocycles. The van der Waals surface area contributed by atoms with Gasteiger partial charge in [-0.2, -0.15) is 5.10 Å². The van der Waals surface area contributed by atoms with Gasteiger partial charge in [0.05, 0.1) is 12.6 Å². The van der Waals surface area contributed by atoms with Gasteiger partial charge in [-0.05, 0) is 23.1 Å². The Morgan fingerprint density at radius 2 is 2.20 bits per heavy atom. The number of hydrogen-bond acceptors (Lipinski definition) is 3. The van der Waals surface area contributed by atoms with Crippen LogP contribution in [0.3, 0.4) is 0 Å². The topological polar surface area (TPSA) is 57.2 Å². The maximum atomic E-state index is 11.8. The number of carbonyl (C=O) groups excluding carboxylic acids is 1. The van der Waals surface area contributed by atoms with E-state index in [0.717, 1.165) is 21.3 Å². The Morgan fingerprint density at radius 3 is 3.05 bits per heavy atom. The van der Waals surface area contributed by atoms with Crippen molar-refractivity contribution in [3.63, 3.8) is 0 Å². The Labute approximate surface area is 120 Å². The molecular formula is C15H13N3OS. The molecule has 0 bridgehead atoms. The number of hydrogen-bond donors (Lipinski definition) is 2. The lowest BCUT2D eigenvalue weighted by molar-refractivity contribution is -0.120. The number of amides is 1. The number of carbonyl (C=O) groups is 1. The Balaban J connectivity index is 1.64. The summed E-state index contributed by atoms with van der Waals surface area (Å²) in [5.74, 6) is -0.123. The molecule has 0 aliphatic carbocycles. The highest BCUT2D eigenvalue weighted by molar-refractivity contribution is 7.11. The van der Waals surface area contributed by atoms with Gasteiger partial charge in [0.2, 0.25) is 5.91 Å². The number of hydrazone groups is 1. The van der Waals surface area contributed by atoms with E-state index in [4.69, 9.17) is 0 Å². The number of thiophene rings is 1. The Bertz CT molecular complexity index is 743. The fourth-order valence-corrected chi connectivity index (χ4v) is 2.61. The maximum Gasteiger partial charge on any atom is 0.244 e. The lowest BCUT2D eigenvalue weighted by atomic mass is 10.1. The Hall–Kier alpha value is -2.40. The molecule has 0 fully saturated rings. The summed E-state index contributed by atoms with van der Waals surface area (Å²) in [4.78, 5) is 16.0. The number of aromatic amines is 1. The Morgan fingerprint density at radius 1 is 1.30 bits per heavy atom. The highest BCUT2D eigenvalue weighted by Crippen LogP contribution is 2.17. The molecule has 5 heteroatoms. The summed E-state index contributed by atoms with van der Waals surface area (Å²) < 4.78 is 0. The summed E-state index contributed by atoms with van der Waals surface area (Å²) in [6.07, 6.45) is 3.83. The van der Waals surface area contributed by atoms with Gasteiger partial charge in [-0.1, -0.05) is 24.3 Å². The van der Waals surface area contributed by atoms with Crippen molar-refractivity contribution in [3.05, 3.63) is 58.4 Å². The summed E-state index contributed by atoms with van der Waals surface area (Å²) >= 11 is 1.58. The average molecular weight is 283 g/mol. The van der Waals surface area contributed by atoms with Crippen molar-refractivity contribution in [2.75, 3.05) is 0 Å². The third kappa shape index (κ3) is 2.78. The quantitative estimate of drug-likeness (QED) is 0.561. The standard InChI is InChI=1S/C15H13N3OS/c19-15(18-17-10-12-4-3-7-20-12)8-11-9-16-14-6-2-1-5-13(11)14/h1-7,9-10,16H,8H2,(H,18,19)/b17-10+. The van der Waals surface area contributed by atoms with Crippen molar-refractivity contribution in [2.45, 2.75) is 6.42 Å². The molecule has 2 aromatic heterocycles. The molecule has 0 unspecified atom stereocenters. The van der Waals surface area contributed by atoms with Crippen LogP contribution >= 0.6 is 11.3 Å². The van der Waals surface area contributed by atoms with Crippen LogP contribution < -0.4 is 5.43 Å². The minimum Gasteiger partial charge on any atom is -0.361 e. The zero-order valence-corrected chi connectivity index (χ0v) is 11.5. The van der Waals surface area contributed by atoms with Gasteiger partial charge in [0.25, 0.3) is 0 Å². The minimum absolute atomic E-state index is 0.123. The molecule has 0 spiro atoms. The van der Waals surface area contributed by atoms with E-state index in [1.165, 1.54) is 0 Å². The second kappa shape index (κ2) is 5.71. The van der Waals surface area contributed by atoms with Crippen molar-refractivity contribution < 1.29 is 4.79 Å². The molecule has 20 heavy (non-hydrogen) atoms. The molecule has 0 atom stereocenters. The van der Waals surface area contributed by atoms with Crippen LogP contribution in [0.5, 0.6) is 0 Å². The molecular weight excluding hydrogens is 270 g/mol. The minimum atomic E-state index is -0.123. The van der Waals surface area contributed by atoms with Crippen molar-refractivity contribution >= 4 is 34.4 Å². The molecule has 100 valence electrons. The predicted octanol–water partition coefficient (Wildman–Crippen LogP) is 2.92. The second-order valence-corrected chi connectivity index (χ2v) is 5.32. The number of benzene rings is 1. The smallest absolute Gasteiger partial charge is 0.244 e. The van der Waals surface area contributed by atoms with Crippen LogP contribution in [0.2, 0.25) is 0 Å². The predicted molar refractivity (Wildman–Crippen MR) is 82.1 cm³/mol. The monoisotopic (exact) mass is 283 g/mol. The molecule has 3 aromatic rings. The van der Waals surface area contributed by atoms with Crippen LogP contribution in [0, 0.1) is 0 Å². The molecule has 0 saturated heterocycles. The van der Waals surface area contributed by atoms with Gasteiger partial charge < -0.3 is 4.98 Å². The summed E-state index contributed by atoms with van der Waals surface area (Å²) in [6.45, 7) is 0. The number of para-hydroxylation sites is 1. The fourth-order valence-electron chi connectivity index (χ4n) is 2.02. The van der Waals surface area contributed by atoms with E-state index >= 15 is 0 Å². The molecule has 4 nitrogen and oxygen atoms in total. The van der Waals surface area contributed by atoms with Gasteiger partial charge in [0, 0.05) is 22.0 Å². The zero-order chi connectivity index (χ0) is 13.8. The summed E-state index contributed by atoms with van der Waals surface area (Å²) in [6, 6.07) is 11.8. The number of H-pyrrole nitrogens is 1. The van der Waals surface area contributed by atoms with Crippen LogP contribution in [0.4, 0.5) is 0 Å². The normalized spacial score (nSPS) is 11.2. The van der Waals surface area contributed by atoms with E-state index in [0.29, 0.717) is 6.42 Å². The number of fused-ring (bicyclic) bond motifs is 1. The first-order valence-electron chi connectivity index (χ1n) is 6.23. The van der Waals surface area contributed by atoms with E-state index in [-0.39, 0.29) is 5.91 Å². The first kappa shape index (κ1) is 12.6. The number of aromatic nitrogens is 1. The maximum absolute atomic E-state index is 11.8. The van der Waals surface area contributed by atoms with Crippen LogP contribution in [0.25, 0.3) is 10.9 Å². The number of rotatable bonds is 4. The SMILES string of the molecule is O=C(Cc1c[nH]c2ccccc12)N/N=C/c1cccs1. The molecule has 2 heterocycles. The van der Waals surface area contributed by atoms with E-state index in [1.54, 1.807) is 17.6 Å². The van der Waals surface area contributed by atoms with Gasteiger partial charge in [-0.15, -0.1) is 11.3 Å². The molecule has 0 radical (unpaired) electrons. The van der Waals surface area contributed by atoms with Gasteiger partial charge in [-0.25, -0.2) is 5.43 Å². The van der Waals surface area contributed by atoms with E-state index < -0.39 is 0 Å². The second-order valence-electron chi connectivity index (χ2n) is 4.34. The lowest BCUT2D eigenvalue weighted by Crippen LogP contribution is -2.19. The summed E-state index contributed by atoms with van der Waals surface area (Å²) in [5.41, 5.74) is 4.56. The molecule has 1 amide bonds. The van der Waals surface area contributed by atoms with Gasteiger partial charge in [0.1, 0.15) is 0 Å². The number of nitrogens with zero attached hydrogens (tertiary/aromatic N) is 1. The van der Waals surface area contributed by atoms with Gasteiger partial charge in [-0.3, -0.25) is 4.79 Å². The highest BCUT2D eigenvalue weighted by atomic mass is 32.1. The molecule has 1 aromatic carbocycles. The average Bonchev–Trinajstić information content (AvgIpc) is 3.09. The zero-order valence-electron chi connectivity index (χ0n) is 10.7. The molecule has 3 rings (SSSR count). The van der Waals surface area contributed by atoms with Gasteiger partial charge >= 0.3 is 0 Å². The lowest BCUT2D eigenvalue weighted by Gasteiger charge is -1.98. The van der Waals surface area contributed by atoms with Crippen molar-refractivity contribution in [1.82, 2.24) is 10.4 Å².